The van der Waals surface area contributed by atoms with Gasteiger partial charge in [-0.2, -0.15) is 17.6 Å². The van der Waals surface area contributed by atoms with Crippen LogP contribution in [0.5, 0.6) is 0 Å². The maximum absolute atomic E-state index is 13.3. The number of hydrogen-bond donors (Lipinski definition) is 0. The maximum Gasteiger partial charge on any atom is 0.406 e. The van der Waals surface area contributed by atoms with Gasteiger partial charge in [-0.05, 0) is 12.8 Å². The van der Waals surface area contributed by atoms with Gasteiger partial charge in [-0.3, -0.25) is 4.79 Å². The fourth-order valence-corrected chi connectivity index (χ4v) is 2.47. The lowest BCUT2D eigenvalue weighted by molar-refractivity contribution is -0.164. The molecule has 0 N–H and O–H groups in total. The molecule has 1 saturated heterocycles. The van der Waals surface area contributed by atoms with Gasteiger partial charge in [-0.15, -0.1) is 0 Å². The lowest BCUT2D eigenvalue weighted by Crippen LogP contribution is -2.46. The van der Waals surface area contributed by atoms with Gasteiger partial charge in [0.1, 0.15) is 0 Å². The summed E-state index contributed by atoms with van der Waals surface area (Å²) in [6, 6.07) is 0. The van der Waals surface area contributed by atoms with Crippen molar-refractivity contribution in [2.24, 2.45) is 0 Å². The topological polar surface area (TPSA) is 86.7 Å². The number of sulfone groups is 1. The lowest BCUT2D eigenvalue weighted by atomic mass is 10.1. The van der Waals surface area contributed by atoms with Crippen molar-refractivity contribution in [2.75, 3.05) is 12.9 Å². The van der Waals surface area contributed by atoms with Crippen LogP contribution in [0.1, 0.15) is 32.1 Å². The molecule has 0 spiro atoms. The highest BCUT2D eigenvalue weighted by Crippen LogP contribution is 2.41. The number of ether oxygens (including phenoxy) is 2. The molecule has 6 nitrogen and oxygen atoms in total. The standard InChI is InChI=1S/C12H16F4O6S/c1-23(19,20)12(15,16)11(13,14)6-2-3-7-21-10(18)8-4-5-9(17)22-8/h8H,2-7H2,1H3. The number of unbranched alkanes of at least 4 members (excludes halogenated alkanes) is 1. The maximum atomic E-state index is 13.3. The second kappa shape index (κ2) is 7.02. The molecule has 0 aromatic heterocycles. The van der Waals surface area contributed by atoms with Gasteiger partial charge < -0.3 is 9.47 Å². The van der Waals surface area contributed by atoms with Crippen LogP contribution in [0.25, 0.3) is 0 Å². The van der Waals surface area contributed by atoms with E-state index in [2.05, 4.69) is 9.47 Å². The molecule has 1 fully saturated rings. The Morgan fingerprint density at radius 3 is 2.39 bits per heavy atom. The van der Waals surface area contributed by atoms with Crippen molar-refractivity contribution in [2.45, 2.75) is 49.4 Å². The normalized spacial score (nSPS) is 19.5. The fraction of sp³-hybridized carbons (Fsp3) is 0.833. The number of rotatable bonds is 8. The van der Waals surface area contributed by atoms with Gasteiger partial charge in [0, 0.05) is 25.5 Å². The van der Waals surface area contributed by atoms with Crippen molar-refractivity contribution in [3.8, 4) is 0 Å². The van der Waals surface area contributed by atoms with Crippen molar-refractivity contribution < 1.29 is 45.0 Å². The molecule has 23 heavy (non-hydrogen) atoms. The van der Waals surface area contributed by atoms with Gasteiger partial charge in [0.05, 0.1) is 6.61 Å². The third-order valence-electron chi connectivity index (χ3n) is 3.17. The van der Waals surface area contributed by atoms with E-state index in [1.807, 2.05) is 0 Å². The van der Waals surface area contributed by atoms with Crippen LogP contribution in [-0.4, -0.2) is 50.5 Å². The molecular formula is C12H16F4O6S. The molecule has 0 saturated carbocycles. The van der Waals surface area contributed by atoms with Crippen molar-refractivity contribution in [1.82, 2.24) is 0 Å². The third kappa shape index (κ3) is 4.79. The number of cyclic esters (lactones) is 1. The Morgan fingerprint density at radius 2 is 1.91 bits per heavy atom. The Morgan fingerprint density at radius 1 is 1.30 bits per heavy atom. The second-order valence-corrected chi connectivity index (χ2v) is 7.19. The van der Waals surface area contributed by atoms with Crippen LogP contribution in [-0.2, 0) is 28.9 Å². The van der Waals surface area contributed by atoms with E-state index in [0.29, 0.717) is 0 Å². The molecule has 0 aromatic rings. The quantitative estimate of drug-likeness (QED) is 0.370. The smallest absolute Gasteiger partial charge is 0.406 e. The Balaban J connectivity index is 2.34. The zero-order valence-electron chi connectivity index (χ0n) is 12.2. The largest absolute Gasteiger partial charge is 0.463 e. The van der Waals surface area contributed by atoms with Crippen LogP contribution in [0.3, 0.4) is 0 Å². The van der Waals surface area contributed by atoms with E-state index in [0.717, 1.165) is 0 Å². The molecule has 0 aliphatic carbocycles. The van der Waals surface area contributed by atoms with E-state index in [1.54, 1.807) is 0 Å². The molecule has 11 heteroatoms. The predicted octanol–water partition coefficient (Wildman–Crippen LogP) is 1.68. The van der Waals surface area contributed by atoms with Crippen molar-refractivity contribution in [3.05, 3.63) is 0 Å². The summed E-state index contributed by atoms with van der Waals surface area (Å²) in [5.74, 6) is -6.09. The van der Waals surface area contributed by atoms with Gasteiger partial charge in [0.15, 0.2) is 6.10 Å². The summed E-state index contributed by atoms with van der Waals surface area (Å²) in [5, 5.41) is -5.16. The first-order valence-electron chi connectivity index (χ1n) is 6.70. The minimum atomic E-state index is -5.25. The van der Waals surface area contributed by atoms with Crippen LogP contribution < -0.4 is 0 Å². The van der Waals surface area contributed by atoms with Crippen LogP contribution >= 0.6 is 0 Å². The highest BCUT2D eigenvalue weighted by atomic mass is 32.2. The van der Waals surface area contributed by atoms with Crippen LogP contribution in [0.2, 0.25) is 0 Å². The molecule has 0 amide bonds. The summed E-state index contributed by atoms with van der Waals surface area (Å²) in [5.41, 5.74) is 0. The third-order valence-corrected chi connectivity index (χ3v) is 4.40. The van der Waals surface area contributed by atoms with Gasteiger partial charge >= 0.3 is 23.1 Å². The number of esters is 2. The molecule has 1 rings (SSSR count). The van der Waals surface area contributed by atoms with Gasteiger partial charge in [0.2, 0.25) is 9.84 Å². The van der Waals surface area contributed by atoms with E-state index >= 15 is 0 Å². The van der Waals surface area contributed by atoms with E-state index < -0.39 is 51.9 Å². The molecule has 1 unspecified atom stereocenters. The van der Waals surface area contributed by atoms with E-state index in [1.165, 1.54) is 0 Å². The minimum Gasteiger partial charge on any atom is -0.463 e. The van der Waals surface area contributed by atoms with E-state index in [9.17, 15) is 35.6 Å². The SMILES string of the molecule is CS(=O)(=O)C(F)(F)C(F)(F)CCCCOC(=O)C1CCC(=O)O1. The highest BCUT2D eigenvalue weighted by Gasteiger charge is 2.62. The second-order valence-electron chi connectivity index (χ2n) is 5.14. The van der Waals surface area contributed by atoms with Gasteiger partial charge in [-0.25, -0.2) is 13.2 Å². The summed E-state index contributed by atoms with van der Waals surface area (Å²) in [4.78, 5) is 22.2. The summed E-state index contributed by atoms with van der Waals surface area (Å²) >= 11 is 0. The van der Waals surface area contributed by atoms with Crippen LogP contribution in [0.4, 0.5) is 17.6 Å². The molecule has 1 aliphatic rings. The highest BCUT2D eigenvalue weighted by molar-refractivity contribution is 7.91. The molecular weight excluding hydrogens is 348 g/mol. The Labute approximate surface area is 130 Å². The molecule has 0 radical (unpaired) electrons. The number of carbonyl (C=O) groups excluding carboxylic acids is 2. The van der Waals surface area contributed by atoms with Gasteiger partial charge in [-0.1, -0.05) is 0 Å². The predicted molar refractivity (Wildman–Crippen MR) is 68.7 cm³/mol. The molecule has 134 valence electrons. The number of alkyl halides is 4. The van der Waals surface area contributed by atoms with E-state index in [4.69, 9.17) is 0 Å². The summed E-state index contributed by atoms with van der Waals surface area (Å²) in [6.45, 7) is -0.326. The first kappa shape index (κ1) is 19.7. The van der Waals surface area contributed by atoms with Crippen LogP contribution in [0, 0.1) is 0 Å². The number of carbonyl (C=O) groups is 2. The Bertz CT molecular complexity index is 560. The van der Waals surface area contributed by atoms with Gasteiger partial charge in [0.25, 0.3) is 0 Å². The molecule has 0 aromatic carbocycles. The monoisotopic (exact) mass is 364 g/mol. The molecule has 0 bridgehead atoms. The van der Waals surface area contributed by atoms with E-state index in [-0.39, 0.29) is 32.1 Å². The molecule has 1 atom stereocenters. The fourth-order valence-electron chi connectivity index (χ4n) is 1.82. The number of hydrogen-bond acceptors (Lipinski definition) is 6. The van der Waals surface area contributed by atoms with Crippen molar-refractivity contribution >= 4 is 21.8 Å². The van der Waals surface area contributed by atoms with Crippen molar-refractivity contribution in [3.63, 3.8) is 0 Å². The first-order chi connectivity index (χ1) is 10.4. The summed E-state index contributed by atoms with van der Waals surface area (Å²) in [7, 11) is -5.25. The Hall–Kier alpha value is -1.39. The molecule has 1 aliphatic heterocycles. The molecule has 1 heterocycles. The lowest BCUT2D eigenvalue weighted by Gasteiger charge is -2.24. The average Bonchev–Trinajstić information content (AvgIpc) is 2.83. The van der Waals surface area contributed by atoms with Crippen LogP contribution in [0.15, 0.2) is 0 Å². The summed E-state index contributed by atoms with van der Waals surface area (Å²) in [6.07, 6.45) is -2.77. The zero-order valence-corrected chi connectivity index (χ0v) is 13.0. The first-order valence-corrected chi connectivity index (χ1v) is 8.59. The Kier molecular flexibility index (Phi) is 6.00. The minimum absolute atomic E-state index is 0.0333. The van der Waals surface area contributed by atoms with Crippen molar-refractivity contribution in [1.29, 1.82) is 0 Å². The number of halogens is 4. The average molecular weight is 364 g/mol. The summed E-state index contributed by atoms with van der Waals surface area (Å²) < 4.78 is 83.5. The zero-order chi connectivity index (χ0) is 17.9.